The number of hydrogen-bond acceptors (Lipinski definition) is 8. The molecule has 69 heavy (non-hydrogen) atoms. The second-order valence-corrected chi connectivity index (χ2v) is 18.9. The number of aliphatic hydroxyl groups is 1. The van der Waals surface area contributed by atoms with Crippen molar-refractivity contribution in [3.8, 4) is 17.2 Å². The van der Waals surface area contributed by atoms with E-state index in [0.29, 0.717) is 22.6 Å². The molecule has 0 saturated heterocycles. The Kier molecular flexibility index (Phi) is 23.3. The summed E-state index contributed by atoms with van der Waals surface area (Å²) in [7, 11) is 0. The molecule has 0 spiro atoms. The van der Waals surface area contributed by atoms with Crippen molar-refractivity contribution < 1.29 is 38.9 Å². The maximum atomic E-state index is 12.0. The van der Waals surface area contributed by atoms with E-state index in [9.17, 15) is 19.2 Å². The van der Waals surface area contributed by atoms with E-state index in [1.54, 1.807) is 60.7 Å². The Morgan fingerprint density at radius 1 is 0.565 bits per heavy atom. The number of phenols is 1. The first-order valence-corrected chi connectivity index (χ1v) is 23.5. The van der Waals surface area contributed by atoms with Crippen LogP contribution in [0.5, 0.6) is 17.2 Å². The van der Waals surface area contributed by atoms with Crippen molar-refractivity contribution in [3.05, 3.63) is 207 Å². The second kappa shape index (κ2) is 28.4. The van der Waals surface area contributed by atoms with Crippen LogP contribution in [0.2, 0.25) is 0 Å². The minimum atomic E-state index is -0.446. The normalized spacial score (nSPS) is 16.6. The molecule has 364 valence electrons. The van der Waals surface area contributed by atoms with Crippen LogP contribution in [0, 0.1) is 10.8 Å². The third kappa shape index (κ3) is 20.9. The Bertz CT molecular complexity index is 2530. The molecule has 2 aliphatic carbocycles. The van der Waals surface area contributed by atoms with Gasteiger partial charge in [-0.05, 0) is 179 Å². The molecule has 0 heterocycles. The molecule has 0 fully saturated rings. The van der Waals surface area contributed by atoms with Gasteiger partial charge in [0.25, 0.3) is 0 Å². The zero-order valence-corrected chi connectivity index (χ0v) is 42.3. The van der Waals surface area contributed by atoms with Crippen LogP contribution in [-0.2, 0) is 16.2 Å². The van der Waals surface area contributed by atoms with Crippen molar-refractivity contribution in [1.29, 1.82) is 0 Å². The molecule has 3 aromatic carbocycles. The number of rotatable bonds is 15. The first-order valence-electron chi connectivity index (χ1n) is 23.5. The summed E-state index contributed by atoms with van der Waals surface area (Å²) in [6.45, 7) is 21.6. The number of phenolic OH excluding ortho intramolecular Hbond substituents is 1. The van der Waals surface area contributed by atoms with E-state index in [0.717, 1.165) is 40.4 Å². The maximum absolute atomic E-state index is 12.0. The lowest BCUT2D eigenvalue weighted by Crippen LogP contribution is -2.19. The van der Waals surface area contributed by atoms with Crippen LogP contribution in [0.1, 0.15) is 134 Å². The SMILES string of the molecule is CC1=C(/C=C/C(C)=C/C=C/C(C)=C/C(=O)Oc2ccc(C=O)cc2)C(C)(C)CCC1.CC1=C(/C=C/C(C)=C/C=C/C(C)=C/C(=O)Oc2ccc(CO)cc2)C(C)(C)CCC1.O=Cc1ccc(O)cc1. The number of carbonyl (C=O) groups is 4. The van der Waals surface area contributed by atoms with Crippen LogP contribution in [0.15, 0.2) is 190 Å². The number of esters is 2. The molecule has 0 bridgehead atoms. The zero-order chi connectivity index (χ0) is 51.0. The molecule has 3 aromatic rings. The summed E-state index contributed by atoms with van der Waals surface area (Å²) in [6.07, 6.45) is 32.3. The van der Waals surface area contributed by atoms with Crippen LogP contribution in [0.4, 0.5) is 0 Å². The third-order valence-electron chi connectivity index (χ3n) is 11.8. The van der Waals surface area contributed by atoms with Crippen LogP contribution in [0.3, 0.4) is 0 Å². The first-order chi connectivity index (χ1) is 32.7. The molecule has 2 N–H and O–H groups in total. The smallest absolute Gasteiger partial charge is 0.336 e. The number of carbonyl (C=O) groups excluding carboxylic acids is 4. The van der Waals surface area contributed by atoms with Gasteiger partial charge in [0.1, 0.15) is 29.8 Å². The van der Waals surface area contributed by atoms with Gasteiger partial charge in [-0.1, -0.05) is 123 Å². The standard InChI is InChI=1S/C27H34O3.C27H32O3.C7H6O2/c2*1-20(11-16-25-22(3)10-7-17-27(25,4)5)8-6-9-21(2)18-26(29)30-24-14-12-23(19-28)13-15-24;8-5-6-1-3-7(9)4-2-6/h6,8-9,11-16,18,28H,7,10,17,19H2,1-5H3;6,8-9,11-16,18-19H,7,10,17H2,1-5H3;1-5,9H/b2*9-6+,16-11+,20-8+,21-18+;. The van der Waals surface area contributed by atoms with Crippen molar-refractivity contribution >= 4 is 24.5 Å². The Balaban J connectivity index is 0.000000309. The summed E-state index contributed by atoms with van der Waals surface area (Å²) in [5.41, 5.74) is 12.2. The number of ether oxygens (including phenoxy) is 2. The predicted octanol–water partition coefficient (Wildman–Crippen LogP) is 14.8. The van der Waals surface area contributed by atoms with Gasteiger partial charge in [0.2, 0.25) is 0 Å². The van der Waals surface area contributed by atoms with E-state index in [-0.39, 0.29) is 23.2 Å². The Morgan fingerprint density at radius 2 is 0.942 bits per heavy atom. The fourth-order valence-corrected chi connectivity index (χ4v) is 7.85. The minimum absolute atomic E-state index is 0.0326. The lowest BCUT2D eigenvalue weighted by atomic mass is 9.72. The lowest BCUT2D eigenvalue weighted by molar-refractivity contribution is -0.129. The van der Waals surface area contributed by atoms with E-state index < -0.39 is 11.9 Å². The maximum Gasteiger partial charge on any atom is 0.336 e. The highest BCUT2D eigenvalue weighted by molar-refractivity contribution is 5.86. The molecule has 8 heteroatoms. The van der Waals surface area contributed by atoms with Gasteiger partial charge in [0.05, 0.1) is 6.61 Å². The molecule has 0 atom stereocenters. The molecule has 0 aromatic heterocycles. The van der Waals surface area contributed by atoms with Gasteiger partial charge < -0.3 is 19.7 Å². The molecule has 0 radical (unpaired) electrons. The summed E-state index contributed by atoms with van der Waals surface area (Å²) in [4.78, 5) is 44.7. The average molecular weight is 933 g/mol. The lowest BCUT2D eigenvalue weighted by Gasteiger charge is -2.33. The van der Waals surface area contributed by atoms with Crippen LogP contribution in [-0.4, -0.2) is 34.7 Å². The van der Waals surface area contributed by atoms with Gasteiger partial charge in [-0.3, -0.25) is 9.59 Å². The summed E-state index contributed by atoms with van der Waals surface area (Å²) >= 11 is 0. The molecular weight excluding hydrogens is 861 g/mol. The van der Waals surface area contributed by atoms with Crippen molar-refractivity contribution in [2.45, 2.75) is 114 Å². The summed E-state index contributed by atoms with van der Waals surface area (Å²) < 4.78 is 10.5. The minimum Gasteiger partial charge on any atom is -0.508 e. The third-order valence-corrected chi connectivity index (χ3v) is 11.8. The fourth-order valence-electron chi connectivity index (χ4n) is 7.85. The number of allylic oxidation sites excluding steroid dienone is 18. The Labute approximate surface area is 411 Å². The summed E-state index contributed by atoms with van der Waals surface area (Å²) in [6, 6.07) is 19.3. The number of aldehydes is 2. The quantitative estimate of drug-likeness (QED) is 0.0507. The monoisotopic (exact) mass is 933 g/mol. The Morgan fingerprint density at radius 3 is 1.30 bits per heavy atom. The number of aromatic hydroxyl groups is 1. The van der Waals surface area contributed by atoms with Crippen molar-refractivity contribution in [2.24, 2.45) is 10.8 Å². The van der Waals surface area contributed by atoms with Crippen molar-refractivity contribution in [1.82, 2.24) is 0 Å². The van der Waals surface area contributed by atoms with E-state index in [4.69, 9.17) is 19.7 Å². The molecule has 8 nitrogen and oxygen atoms in total. The van der Waals surface area contributed by atoms with Crippen molar-refractivity contribution in [2.75, 3.05) is 0 Å². The molecule has 0 unspecified atom stereocenters. The predicted molar refractivity (Wildman–Crippen MR) is 281 cm³/mol. The van der Waals surface area contributed by atoms with E-state index >= 15 is 0 Å². The topological polar surface area (TPSA) is 127 Å². The summed E-state index contributed by atoms with van der Waals surface area (Å²) in [5, 5.41) is 17.8. The molecule has 5 rings (SSSR count). The second-order valence-electron chi connectivity index (χ2n) is 18.9. The summed E-state index contributed by atoms with van der Waals surface area (Å²) in [5.74, 6) is 0.187. The molecule has 0 saturated carbocycles. The highest BCUT2D eigenvalue weighted by Gasteiger charge is 2.27. The van der Waals surface area contributed by atoms with Crippen LogP contribution >= 0.6 is 0 Å². The largest absolute Gasteiger partial charge is 0.508 e. The highest BCUT2D eigenvalue weighted by Crippen LogP contribution is 2.42. The first kappa shape index (κ1) is 56.4. The van der Waals surface area contributed by atoms with E-state index in [1.165, 1.54) is 85.1 Å². The van der Waals surface area contributed by atoms with Crippen LogP contribution in [0.25, 0.3) is 0 Å². The number of benzene rings is 3. The average Bonchev–Trinajstić information content (AvgIpc) is 3.29. The number of aliphatic hydroxyl groups excluding tert-OH is 1. The van der Waals surface area contributed by atoms with Gasteiger partial charge in [0.15, 0.2) is 0 Å². The van der Waals surface area contributed by atoms with Gasteiger partial charge in [-0.25, -0.2) is 9.59 Å². The zero-order valence-electron chi connectivity index (χ0n) is 42.3. The van der Waals surface area contributed by atoms with Crippen molar-refractivity contribution in [3.63, 3.8) is 0 Å². The number of hydrogen-bond donors (Lipinski definition) is 2. The van der Waals surface area contributed by atoms with Crippen LogP contribution < -0.4 is 9.47 Å². The van der Waals surface area contributed by atoms with Gasteiger partial charge in [0, 0.05) is 23.3 Å². The Hall–Kier alpha value is -6.90. The fraction of sp³-hybridized carbons (Fsp3) is 0.311. The van der Waals surface area contributed by atoms with Gasteiger partial charge in [-0.2, -0.15) is 0 Å². The molecular formula is C61H72O8. The molecule has 2 aliphatic rings. The molecule has 0 amide bonds. The van der Waals surface area contributed by atoms with Gasteiger partial charge >= 0.3 is 11.9 Å². The van der Waals surface area contributed by atoms with Gasteiger partial charge in [-0.15, -0.1) is 0 Å². The van der Waals surface area contributed by atoms with E-state index in [2.05, 4.69) is 79.7 Å². The molecule has 0 aliphatic heterocycles. The van der Waals surface area contributed by atoms with E-state index in [1.807, 2.05) is 50.3 Å². The highest BCUT2D eigenvalue weighted by atomic mass is 16.5.